The number of alkyl carbamates (subject to hydrolysis) is 1. The second kappa shape index (κ2) is 10.4. The largest absolute Gasteiger partial charge is 0.445 e. The summed E-state index contributed by atoms with van der Waals surface area (Å²) in [5.74, 6) is 3.18. The van der Waals surface area contributed by atoms with Crippen LogP contribution in [0.25, 0.3) is 0 Å². The van der Waals surface area contributed by atoms with E-state index in [0.29, 0.717) is 25.3 Å². The van der Waals surface area contributed by atoms with E-state index < -0.39 is 6.09 Å². The minimum Gasteiger partial charge on any atom is -0.445 e. The lowest BCUT2D eigenvalue weighted by atomic mass is 9.86. The molecule has 1 saturated carbocycles. The zero-order valence-corrected chi connectivity index (χ0v) is 14.5. The van der Waals surface area contributed by atoms with E-state index >= 15 is 0 Å². The number of terminal acetylenes is 1. The average molecular weight is 342 g/mol. The van der Waals surface area contributed by atoms with Crippen LogP contribution in [-0.2, 0) is 16.1 Å². The zero-order chi connectivity index (χ0) is 17.9. The number of carbonyl (C=O) groups excluding carboxylic acids is 2. The average Bonchev–Trinajstić information content (AvgIpc) is 2.65. The quantitative estimate of drug-likeness (QED) is 0.591. The van der Waals surface area contributed by atoms with E-state index in [1.54, 1.807) is 0 Å². The lowest BCUT2D eigenvalue weighted by Gasteiger charge is -2.26. The lowest BCUT2D eigenvalue weighted by molar-refractivity contribution is -0.122. The molecule has 1 fully saturated rings. The van der Waals surface area contributed by atoms with Gasteiger partial charge in [0.25, 0.3) is 0 Å². The molecule has 2 rings (SSSR count). The van der Waals surface area contributed by atoms with Gasteiger partial charge in [-0.15, -0.1) is 12.3 Å². The van der Waals surface area contributed by atoms with E-state index in [9.17, 15) is 9.59 Å². The molecule has 1 aromatic rings. The van der Waals surface area contributed by atoms with E-state index in [4.69, 9.17) is 11.2 Å². The van der Waals surface area contributed by atoms with Crippen molar-refractivity contribution in [3.63, 3.8) is 0 Å². The van der Waals surface area contributed by atoms with Crippen LogP contribution < -0.4 is 10.6 Å². The van der Waals surface area contributed by atoms with E-state index in [-0.39, 0.29) is 18.6 Å². The van der Waals surface area contributed by atoms with Gasteiger partial charge in [-0.25, -0.2) is 4.79 Å². The van der Waals surface area contributed by atoms with Crippen molar-refractivity contribution < 1.29 is 14.3 Å². The third-order valence-corrected chi connectivity index (χ3v) is 4.39. The smallest absolute Gasteiger partial charge is 0.407 e. The topological polar surface area (TPSA) is 67.4 Å². The first-order valence-electron chi connectivity index (χ1n) is 8.87. The first-order chi connectivity index (χ1) is 12.2. The Balaban J connectivity index is 1.51. The minimum atomic E-state index is -0.461. The molecule has 0 heterocycles. The molecule has 1 aromatic carbocycles. The summed E-state index contributed by atoms with van der Waals surface area (Å²) in [7, 11) is 0. The van der Waals surface area contributed by atoms with Gasteiger partial charge in [-0.2, -0.15) is 0 Å². The number of amides is 2. The van der Waals surface area contributed by atoms with Gasteiger partial charge in [0, 0.05) is 24.9 Å². The summed E-state index contributed by atoms with van der Waals surface area (Å²) in [5.41, 5.74) is 0.941. The van der Waals surface area contributed by atoms with Crippen molar-refractivity contribution in [2.45, 2.75) is 51.2 Å². The molecule has 0 spiro atoms. The highest BCUT2D eigenvalue weighted by molar-refractivity contribution is 5.76. The highest BCUT2D eigenvalue weighted by Crippen LogP contribution is 2.23. The molecule has 0 bridgehead atoms. The molecular formula is C20H26N2O3. The Labute approximate surface area is 149 Å². The number of benzene rings is 1. The van der Waals surface area contributed by atoms with Gasteiger partial charge < -0.3 is 15.4 Å². The van der Waals surface area contributed by atoms with Crippen LogP contribution in [0.4, 0.5) is 4.79 Å². The molecular weight excluding hydrogens is 316 g/mol. The first-order valence-corrected chi connectivity index (χ1v) is 8.87. The van der Waals surface area contributed by atoms with Gasteiger partial charge in [-0.05, 0) is 37.7 Å². The molecule has 0 aliphatic heterocycles. The fourth-order valence-corrected chi connectivity index (χ4v) is 2.92. The molecule has 5 nitrogen and oxygen atoms in total. The Morgan fingerprint density at radius 2 is 1.88 bits per heavy atom. The summed E-state index contributed by atoms with van der Waals surface area (Å²) < 4.78 is 5.11. The van der Waals surface area contributed by atoms with E-state index in [0.717, 1.165) is 31.2 Å². The second-order valence-electron chi connectivity index (χ2n) is 6.37. The maximum atomic E-state index is 11.9. The van der Waals surface area contributed by atoms with Crippen molar-refractivity contribution in [3.8, 4) is 12.3 Å². The van der Waals surface area contributed by atoms with Crippen molar-refractivity contribution in [1.29, 1.82) is 0 Å². The minimum absolute atomic E-state index is 0.0311. The molecule has 5 heteroatoms. The fraction of sp³-hybridized carbons (Fsp3) is 0.500. The molecule has 134 valence electrons. The standard InChI is InChI=1S/C20H26N2O3/c1-2-16-10-12-18(13-11-16)22-19(23)9-6-14-21-20(24)25-15-17-7-4-3-5-8-17/h1,3-5,7-8,16,18H,6,9-15H2,(H,21,24)(H,22,23). The van der Waals surface area contributed by atoms with Gasteiger partial charge in [0.2, 0.25) is 5.91 Å². The molecule has 0 atom stereocenters. The van der Waals surface area contributed by atoms with E-state index in [1.165, 1.54) is 0 Å². The zero-order valence-electron chi connectivity index (χ0n) is 14.5. The van der Waals surface area contributed by atoms with Gasteiger partial charge >= 0.3 is 6.09 Å². The Bertz CT molecular complexity index is 587. The molecule has 25 heavy (non-hydrogen) atoms. The number of rotatable bonds is 7. The van der Waals surface area contributed by atoms with Crippen molar-refractivity contribution in [3.05, 3.63) is 35.9 Å². The second-order valence-corrected chi connectivity index (χ2v) is 6.37. The third-order valence-electron chi connectivity index (χ3n) is 4.39. The summed E-state index contributed by atoms with van der Waals surface area (Å²) >= 11 is 0. The van der Waals surface area contributed by atoms with E-state index in [1.807, 2.05) is 30.3 Å². The monoisotopic (exact) mass is 342 g/mol. The molecule has 1 aliphatic carbocycles. The van der Waals surface area contributed by atoms with Crippen molar-refractivity contribution >= 4 is 12.0 Å². The van der Waals surface area contributed by atoms with Crippen LogP contribution in [0.15, 0.2) is 30.3 Å². The summed E-state index contributed by atoms with van der Waals surface area (Å²) in [5, 5.41) is 5.71. The number of nitrogens with one attached hydrogen (secondary N) is 2. The highest BCUT2D eigenvalue weighted by Gasteiger charge is 2.20. The number of ether oxygens (including phenoxy) is 1. The van der Waals surface area contributed by atoms with E-state index in [2.05, 4.69) is 16.6 Å². The third kappa shape index (κ3) is 7.30. The normalized spacial score (nSPS) is 19.5. The SMILES string of the molecule is C#CC1CCC(NC(=O)CCCNC(=O)OCc2ccccc2)CC1. The molecule has 2 N–H and O–H groups in total. The molecule has 0 aromatic heterocycles. The van der Waals surface area contributed by atoms with Crippen molar-refractivity contribution in [2.24, 2.45) is 5.92 Å². The summed E-state index contributed by atoms with van der Waals surface area (Å²) in [4.78, 5) is 23.5. The predicted molar refractivity (Wildman–Crippen MR) is 96.6 cm³/mol. The highest BCUT2D eigenvalue weighted by atomic mass is 16.5. The molecule has 0 unspecified atom stereocenters. The Hall–Kier alpha value is -2.48. The van der Waals surface area contributed by atoms with Crippen LogP contribution in [0.1, 0.15) is 44.1 Å². The number of carbonyl (C=O) groups is 2. The lowest BCUT2D eigenvalue weighted by Crippen LogP contribution is -2.37. The van der Waals surface area contributed by atoms with Crippen LogP contribution in [0.5, 0.6) is 0 Å². The Morgan fingerprint density at radius 1 is 1.16 bits per heavy atom. The van der Waals surface area contributed by atoms with Crippen LogP contribution >= 0.6 is 0 Å². The molecule has 0 radical (unpaired) electrons. The first kappa shape index (κ1) is 18.9. The molecule has 2 amide bonds. The number of hydrogen-bond donors (Lipinski definition) is 2. The maximum Gasteiger partial charge on any atom is 0.407 e. The summed E-state index contributed by atoms with van der Waals surface area (Å²) in [6, 6.07) is 9.74. The summed E-state index contributed by atoms with van der Waals surface area (Å²) in [6.45, 7) is 0.665. The van der Waals surface area contributed by atoms with Crippen molar-refractivity contribution in [1.82, 2.24) is 10.6 Å². The summed E-state index contributed by atoms with van der Waals surface area (Å²) in [6.07, 6.45) is 9.82. The maximum absolute atomic E-state index is 11.9. The fourth-order valence-electron chi connectivity index (χ4n) is 2.92. The molecule has 1 aliphatic rings. The van der Waals surface area contributed by atoms with Crippen molar-refractivity contribution in [2.75, 3.05) is 6.54 Å². The van der Waals surface area contributed by atoms with Gasteiger partial charge in [-0.3, -0.25) is 4.79 Å². The van der Waals surface area contributed by atoms with Crippen LogP contribution in [-0.4, -0.2) is 24.6 Å². The van der Waals surface area contributed by atoms with Gasteiger partial charge in [0.1, 0.15) is 6.61 Å². The van der Waals surface area contributed by atoms with Gasteiger partial charge in [0.05, 0.1) is 0 Å². The van der Waals surface area contributed by atoms with Crippen LogP contribution in [0.3, 0.4) is 0 Å². The van der Waals surface area contributed by atoms with Gasteiger partial charge in [0.15, 0.2) is 0 Å². The van der Waals surface area contributed by atoms with Crippen LogP contribution in [0.2, 0.25) is 0 Å². The molecule has 0 saturated heterocycles. The number of hydrogen-bond acceptors (Lipinski definition) is 3. The van der Waals surface area contributed by atoms with Gasteiger partial charge in [-0.1, -0.05) is 30.3 Å². The predicted octanol–water partition coefficient (Wildman–Crippen LogP) is 3.00. The Kier molecular flexibility index (Phi) is 7.84. The van der Waals surface area contributed by atoms with Crippen LogP contribution in [0, 0.1) is 18.3 Å². The Morgan fingerprint density at radius 3 is 2.56 bits per heavy atom.